The van der Waals surface area contributed by atoms with Crippen molar-refractivity contribution < 1.29 is 0 Å². The van der Waals surface area contributed by atoms with E-state index in [4.69, 9.17) is 0 Å². The lowest BCUT2D eigenvalue weighted by Crippen LogP contribution is -2.39. The monoisotopic (exact) mass is 181 g/mol. The predicted molar refractivity (Wildman–Crippen MR) is 56.7 cm³/mol. The number of nitrogens with one attached hydrogen (secondary N) is 1. The van der Waals surface area contributed by atoms with Crippen molar-refractivity contribution in [3.63, 3.8) is 0 Å². The first-order valence-corrected chi connectivity index (χ1v) is 6.07. The zero-order valence-electron chi connectivity index (χ0n) is 9.05. The topological polar surface area (TPSA) is 12.0 Å². The van der Waals surface area contributed by atoms with Crippen molar-refractivity contribution in [1.82, 2.24) is 5.32 Å². The average molecular weight is 181 g/mol. The summed E-state index contributed by atoms with van der Waals surface area (Å²) in [6.07, 6.45) is 8.63. The number of hydrogen-bond acceptors (Lipinski definition) is 1. The molecule has 76 valence electrons. The van der Waals surface area contributed by atoms with Gasteiger partial charge in [0.05, 0.1) is 0 Å². The van der Waals surface area contributed by atoms with Gasteiger partial charge in [-0.05, 0) is 50.9 Å². The maximum atomic E-state index is 3.84. The Kier molecular flexibility index (Phi) is 2.92. The predicted octanol–water partition coefficient (Wildman–Crippen LogP) is 2.95. The summed E-state index contributed by atoms with van der Waals surface area (Å²) in [6, 6.07) is 1.64. The molecule has 1 nitrogen and oxygen atoms in total. The van der Waals surface area contributed by atoms with Crippen molar-refractivity contribution in [2.75, 3.05) is 0 Å². The van der Waals surface area contributed by atoms with Crippen LogP contribution in [0.5, 0.6) is 0 Å². The molecule has 1 atom stereocenters. The highest BCUT2D eigenvalue weighted by Gasteiger charge is 2.41. The molecule has 0 amide bonds. The van der Waals surface area contributed by atoms with Crippen LogP contribution in [-0.2, 0) is 0 Å². The molecule has 0 spiro atoms. The molecule has 0 saturated heterocycles. The molecule has 0 aliphatic heterocycles. The van der Waals surface area contributed by atoms with Gasteiger partial charge in [-0.15, -0.1) is 0 Å². The molecule has 0 bridgehead atoms. The maximum Gasteiger partial charge on any atom is 0.0126 e. The van der Waals surface area contributed by atoms with Crippen LogP contribution >= 0.6 is 0 Å². The van der Waals surface area contributed by atoms with Crippen molar-refractivity contribution in [3.8, 4) is 0 Å². The van der Waals surface area contributed by atoms with E-state index in [1.54, 1.807) is 0 Å². The van der Waals surface area contributed by atoms with Crippen molar-refractivity contribution in [2.45, 2.75) is 64.5 Å². The van der Waals surface area contributed by atoms with E-state index in [0.717, 1.165) is 23.9 Å². The van der Waals surface area contributed by atoms with Crippen LogP contribution in [0.25, 0.3) is 0 Å². The Morgan fingerprint density at radius 3 is 2.08 bits per heavy atom. The van der Waals surface area contributed by atoms with Gasteiger partial charge in [0, 0.05) is 12.1 Å². The average Bonchev–Trinajstić information content (AvgIpc) is 2.95. The maximum absolute atomic E-state index is 3.84. The van der Waals surface area contributed by atoms with Gasteiger partial charge in [-0.3, -0.25) is 0 Å². The van der Waals surface area contributed by atoms with Crippen LogP contribution in [0.15, 0.2) is 0 Å². The van der Waals surface area contributed by atoms with Crippen LogP contribution in [-0.4, -0.2) is 12.1 Å². The zero-order chi connectivity index (χ0) is 9.26. The third-order valence-electron chi connectivity index (χ3n) is 3.46. The lowest BCUT2D eigenvalue weighted by Gasteiger charge is -2.22. The van der Waals surface area contributed by atoms with Gasteiger partial charge in [-0.25, -0.2) is 0 Å². The van der Waals surface area contributed by atoms with Crippen molar-refractivity contribution in [3.05, 3.63) is 0 Å². The molecule has 0 aromatic carbocycles. The van der Waals surface area contributed by atoms with Gasteiger partial charge in [0.15, 0.2) is 0 Å². The summed E-state index contributed by atoms with van der Waals surface area (Å²) in [6.45, 7) is 4.63. The highest BCUT2D eigenvalue weighted by molar-refractivity contribution is 4.97. The molecule has 1 N–H and O–H groups in total. The molecule has 0 heterocycles. The number of rotatable bonds is 6. The van der Waals surface area contributed by atoms with Gasteiger partial charge < -0.3 is 5.32 Å². The van der Waals surface area contributed by atoms with Gasteiger partial charge in [0.25, 0.3) is 0 Å². The van der Waals surface area contributed by atoms with Crippen molar-refractivity contribution in [1.29, 1.82) is 0 Å². The van der Waals surface area contributed by atoms with Gasteiger partial charge in [-0.2, -0.15) is 0 Å². The van der Waals surface area contributed by atoms with E-state index in [1.165, 1.54) is 38.5 Å². The fourth-order valence-electron chi connectivity index (χ4n) is 2.41. The van der Waals surface area contributed by atoms with Crippen molar-refractivity contribution in [2.24, 2.45) is 11.8 Å². The Balaban J connectivity index is 1.75. The van der Waals surface area contributed by atoms with Crippen LogP contribution in [0.3, 0.4) is 0 Å². The first-order chi connectivity index (χ1) is 6.31. The molecule has 0 aromatic heterocycles. The summed E-state index contributed by atoms with van der Waals surface area (Å²) < 4.78 is 0. The van der Waals surface area contributed by atoms with Crippen LogP contribution in [0.4, 0.5) is 0 Å². The summed E-state index contributed by atoms with van der Waals surface area (Å²) in [4.78, 5) is 0. The lowest BCUT2D eigenvalue weighted by atomic mass is 10.1. The van der Waals surface area contributed by atoms with Crippen molar-refractivity contribution >= 4 is 0 Å². The van der Waals surface area contributed by atoms with Gasteiger partial charge >= 0.3 is 0 Å². The Labute approximate surface area is 82.3 Å². The second-order valence-electron chi connectivity index (χ2n) is 5.06. The highest BCUT2D eigenvalue weighted by atomic mass is 15.0. The molecule has 0 radical (unpaired) electrons. The van der Waals surface area contributed by atoms with E-state index in [9.17, 15) is 0 Å². The minimum atomic E-state index is 0.746. The molecule has 2 aliphatic carbocycles. The van der Waals surface area contributed by atoms with Gasteiger partial charge in [-0.1, -0.05) is 13.3 Å². The first-order valence-electron chi connectivity index (χ1n) is 6.07. The van der Waals surface area contributed by atoms with E-state index in [1.807, 2.05) is 0 Å². The van der Waals surface area contributed by atoms with E-state index in [-0.39, 0.29) is 0 Å². The second-order valence-corrected chi connectivity index (χ2v) is 5.06. The molecular formula is C12H23N. The summed E-state index contributed by atoms with van der Waals surface area (Å²) >= 11 is 0. The molecular weight excluding hydrogens is 158 g/mol. The Morgan fingerprint density at radius 2 is 1.69 bits per heavy atom. The molecule has 1 unspecified atom stereocenters. The fraction of sp³-hybridized carbons (Fsp3) is 1.00. The minimum absolute atomic E-state index is 0.746. The second kappa shape index (κ2) is 4.00. The summed E-state index contributed by atoms with van der Waals surface area (Å²) in [5.41, 5.74) is 0. The summed E-state index contributed by atoms with van der Waals surface area (Å²) in [5.74, 6) is 2.10. The summed E-state index contributed by atoms with van der Waals surface area (Å²) in [5, 5.41) is 3.84. The third kappa shape index (κ3) is 2.70. The van der Waals surface area contributed by atoms with Gasteiger partial charge in [0.2, 0.25) is 0 Å². The van der Waals surface area contributed by atoms with Crippen LogP contribution in [0.2, 0.25) is 0 Å². The molecule has 1 heteroatoms. The van der Waals surface area contributed by atoms with Gasteiger partial charge in [0.1, 0.15) is 0 Å². The Hall–Kier alpha value is -0.0400. The molecule has 2 rings (SSSR count). The van der Waals surface area contributed by atoms with E-state index in [0.29, 0.717) is 0 Å². The highest BCUT2D eigenvalue weighted by Crippen LogP contribution is 2.44. The quantitative estimate of drug-likeness (QED) is 0.664. The largest absolute Gasteiger partial charge is 0.311 e. The lowest BCUT2D eigenvalue weighted by molar-refractivity contribution is 0.360. The van der Waals surface area contributed by atoms with Crippen LogP contribution < -0.4 is 5.32 Å². The molecule has 2 saturated carbocycles. The van der Waals surface area contributed by atoms with Crippen LogP contribution in [0, 0.1) is 11.8 Å². The smallest absolute Gasteiger partial charge is 0.0126 e. The first kappa shape index (κ1) is 9.51. The SMILES string of the molecule is CCCC(C)NC(C1CC1)C1CC1. The van der Waals surface area contributed by atoms with E-state index < -0.39 is 0 Å². The molecule has 0 aromatic rings. The van der Waals surface area contributed by atoms with E-state index in [2.05, 4.69) is 19.2 Å². The molecule has 13 heavy (non-hydrogen) atoms. The standard InChI is InChI=1S/C12H23N/c1-3-4-9(2)13-12(10-5-6-10)11-7-8-11/h9-13H,3-8H2,1-2H3. The Morgan fingerprint density at radius 1 is 1.15 bits per heavy atom. The number of hydrogen-bond donors (Lipinski definition) is 1. The normalized spacial score (nSPS) is 25.2. The minimum Gasteiger partial charge on any atom is -0.311 e. The van der Waals surface area contributed by atoms with Crippen LogP contribution in [0.1, 0.15) is 52.4 Å². The molecule has 2 fully saturated rings. The fourth-order valence-corrected chi connectivity index (χ4v) is 2.41. The molecule has 2 aliphatic rings. The summed E-state index contributed by atoms with van der Waals surface area (Å²) in [7, 11) is 0. The zero-order valence-corrected chi connectivity index (χ0v) is 9.05. The Bertz CT molecular complexity index is 147. The third-order valence-corrected chi connectivity index (χ3v) is 3.46. The van der Waals surface area contributed by atoms with E-state index >= 15 is 0 Å².